The molecule has 0 spiro atoms. The Bertz CT molecular complexity index is 1560. The van der Waals surface area contributed by atoms with Crippen LogP contribution in [0.1, 0.15) is 52.0 Å². The monoisotopic (exact) mass is 556 g/mol. The zero-order valence-electron chi connectivity index (χ0n) is 23.9. The van der Waals surface area contributed by atoms with Crippen molar-refractivity contribution in [3.63, 3.8) is 0 Å². The van der Waals surface area contributed by atoms with Gasteiger partial charge in [0.15, 0.2) is 0 Å². The van der Waals surface area contributed by atoms with Gasteiger partial charge in [-0.2, -0.15) is 9.97 Å². The van der Waals surface area contributed by atoms with Crippen molar-refractivity contribution < 1.29 is 23.8 Å². The first-order valence-electron chi connectivity index (χ1n) is 14.1. The smallest absolute Gasteiger partial charge is 0.408 e. The molecule has 9 nitrogen and oxygen atoms in total. The molecule has 3 heterocycles. The van der Waals surface area contributed by atoms with Crippen LogP contribution in [0, 0.1) is 0 Å². The molecule has 214 valence electrons. The molecule has 1 amide bonds. The Balaban J connectivity index is 1.41. The highest BCUT2D eigenvalue weighted by molar-refractivity contribution is 6.03. The van der Waals surface area contributed by atoms with Crippen LogP contribution in [0.3, 0.4) is 0 Å². The second-order valence-electron chi connectivity index (χ2n) is 11.9. The minimum absolute atomic E-state index is 0.406. The highest BCUT2D eigenvalue weighted by atomic mass is 16.6. The maximum absolute atomic E-state index is 12.6. The van der Waals surface area contributed by atoms with Crippen molar-refractivity contribution in [2.45, 2.75) is 63.7 Å². The molecular formula is C32H36N4O5. The van der Waals surface area contributed by atoms with Gasteiger partial charge in [0, 0.05) is 24.2 Å². The number of ether oxygens (including phenoxy) is 2. The van der Waals surface area contributed by atoms with E-state index in [1.165, 1.54) is 0 Å². The van der Waals surface area contributed by atoms with E-state index in [4.69, 9.17) is 23.9 Å². The average Bonchev–Trinajstić information content (AvgIpc) is 3.53. The lowest BCUT2D eigenvalue weighted by Gasteiger charge is -2.43. The van der Waals surface area contributed by atoms with Gasteiger partial charge in [0.05, 0.1) is 18.8 Å². The molecule has 1 saturated carbocycles. The Hall–Kier alpha value is -4.11. The van der Waals surface area contributed by atoms with Gasteiger partial charge in [-0.15, -0.1) is 0 Å². The van der Waals surface area contributed by atoms with Crippen molar-refractivity contribution in [2.24, 2.45) is 0 Å². The van der Waals surface area contributed by atoms with Gasteiger partial charge in [0.1, 0.15) is 16.7 Å². The van der Waals surface area contributed by atoms with Gasteiger partial charge in [-0.25, -0.2) is 4.79 Å². The topological polar surface area (TPSA) is 110 Å². The van der Waals surface area contributed by atoms with Crippen molar-refractivity contribution in [3.8, 4) is 28.3 Å². The molecule has 9 heteroatoms. The summed E-state index contributed by atoms with van der Waals surface area (Å²) in [4.78, 5) is 24.1. The summed E-state index contributed by atoms with van der Waals surface area (Å²) in [6.45, 7) is 6.72. The van der Waals surface area contributed by atoms with Gasteiger partial charge in [-0.1, -0.05) is 54.6 Å². The summed E-state index contributed by atoms with van der Waals surface area (Å²) >= 11 is 0. The van der Waals surface area contributed by atoms with Crippen LogP contribution in [-0.2, 0) is 10.3 Å². The first kappa shape index (κ1) is 27.1. The average molecular weight is 557 g/mol. The van der Waals surface area contributed by atoms with Crippen LogP contribution in [0.2, 0.25) is 0 Å². The van der Waals surface area contributed by atoms with Gasteiger partial charge in [-0.05, 0) is 57.6 Å². The number of β-amino-alcohol motifs (C(OH)–C–C–N with tert-alkyl or cyclic N) is 1. The van der Waals surface area contributed by atoms with E-state index in [1.807, 2.05) is 80.3 Å². The number of benzene rings is 2. The van der Waals surface area contributed by atoms with E-state index >= 15 is 0 Å². The SMILES string of the molecule is COc1nc(N2CC[C@H](O)C2)nc2oc(-c3ccc(C4(NC(=O)OC(C)(C)C)CCC4)cc3)c(-c3ccccc3)c12. The van der Waals surface area contributed by atoms with Crippen molar-refractivity contribution >= 4 is 23.1 Å². The Morgan fingerprint density at radius 1 is 1.07 bits per heavy atom. The lowest BCUT2D eigenvalue weighted by Crippen LogP contribution is -2.52. The number of hydrogen-bond donors (Lipinski definition) is 2. The standard InChI is InChI=1S/C32H36N4O5/c1-31(2,3)41-30(38)35-32(16-8-17-32)22-13-11-21(12-14-22)26-24(20-9-6-5-7-10-20)25-27(39-4)33-29(34-28(25)40-26)36-18-15-23(37)19-36/h5-7,9-14,23,37H,8,15-19H2,1-4H3,(H,35,38)/t23-/m0/s1. The van der Waals surface area contributed by atoms with Crippen LogP contribution in [-0.4, -0.2) is 53.1 Å². The minimum atomic E-state index is -0.563. The van der Waals surface area contributed by atoms with E-state index in [2.05, 4.69) is 5.32 Å². The number of aliphatic hydroxyl groups excluding tert-OH is 1. The fraction of sp³-hybridized carbons (Fsp3) is 0.406. The van der Waals surface area contributed by atoms with Crippen LogP contribution in [0.25, 0.3) is 33.6 Å². The van der Waals surface area contributed by atoms with Gasteiger partial charge in [-0.3, -0.25) is 0 Å². The first-order chi connectivity index (χ1) is 19.7. The fourth-order valence-corrected chi connectivity index (χ4v) is 5.71. The maximum atomic E-state index is 12.6. The summed E-state index contributed by atoms with van der Waals surface area (Å²) in [6, 6.07) is 18.1. The number of carbonyl (C=O) groups is 1. The predicted molar refractivity (Wildman–Crippen MR) is 157 cm³/mol. The number of nitrogens with zero attached hydrogens (tertiary/aromatic N) is 3. The summed E-state index contributed by atoms with van der Waals surface area (Å²) in [6.07, 6.45) is 2.59. The number of alkyl carbamates (subject to hydrolysis) is 1. The molecule has 2 fully saturated rings. The fourth-order valence-electron chi connectivity index (χ4n) is 5.71. The number of aliphatic hydroxyl groups is 1. The number of aromatic nitrogens is 2. The number of carbonyl (C=O) groups excluding carboxylic acids is 1. The molecule has 1 aliphatic heterocycles. The number of fused-ring (bicyclic) bond motifs is 1. The van der Waals surface area contributed by atoms with E-state index < -0.39 is 23.3 Å². The zero-order valence-corrected chi connectivity index (χ0v) is 23.9. The third kappa shape index (κ3) is 5.22. The molecule has 1 atom stereocenters. The quantitative estimate of drug-likeness (QED) is 0.296. The third-order valence-electron chi connectivity index (χ3n) is 7.86. The number of methoxy groups -OCH3 is 1. The van der Waals surface area contributed by atoms with E-state index in [9.17, 15) is 9.90 Å². The minimum Gasteiger partial charge on any atom is -0.480 e. The normalized spacial score (nSPS) is 18.3. The summed E-state index contributed by atoms with van der Waals surface area (Å²) in [5.41, 5.74) is 3.13. The molecule has 1 aliphatic carbocycles. The Labute approximate surface area is 239 Å². The summed E-state index contributed by atoms with van der Waals surface area (Å²) < 4.78 is 17.8. The van der Waals surface area contributed by atoms with Gasteiger partial charge in [0.2, 0.25) is 17.5 Å². The molecule has 6 rings (SSSR count). The highest BCUT2D eigenvalue weighted by Gasteiger charge is 2.41. The molecule has 0 unspecified atom stereocenters. The zero-order chi connectivity index (χ0) is 28.8. The second kappa shape index (κ2) is 10.4. The Morgan fingerprint density at radius 3 is 2.39 bits per heavy atom. The molecule has 0 radical (unpaired) electrons. The highest BCUT2D eigenvalue weighted by Crippen LogP contribution is 2.46. The molecule has 2 aromatic heterocycles. The predicted octanol–water partition coefficient (Wildman–Crippen LogP) is 6.04. The van der Waals surface area contributed by atoms with E-state index in [1.54, 1.807) is 7.11 Å². The van der Waals surface area contributed by atoms with Crippen LogP contribution < -0.4 is 15.0 Å². The number of anilines is 1. The summed E-state index contributed by atoms with van der Waals surface area (Å²) in [7, 11) is 1.59. The molecule has 2 aliphatic rings. The van der Waals surface area contributed by atoms with Crippen LogP contribution in [0.5, 0.6) is 5.88 Å². The van der Waals surface area contributed by atoms with E-state index in [-0.39, 0.29) is 0 Å². The first-order valence-corrected chi connectivity index (χ1v) is 14.1. The number of amides is 1. The van der Waals surface area contributed by atoms with Crippen LogP contribution in [0.4, 0.5) is 10.7 Å². The van der Waals surface area contributed by atoms with Crippen molar-refractivity contribution in [2.75, 3.05) is 25.1 Å². The molecule has 2 aromatic carbocycles. The van der Waals surface area contributed by atoms with Gasteiger partial charge in [0.25, 0.3) is 0 Å². The van der Waals surface area contributed by atoms with Crippen LogP contribution in [0.15, 0.2) is 59.0 Å². The molecule has 41 heavy (non-hydrogen) atoms. The molecular weight excluding hydrogens is 520 g/mol. The number of hydrogen-bond acceptors (Lipinski definition) is 8. The van der Waals surface area contributed by atoms with Gasteiger partial charge < -0.3 is 29.2 Å². The van der Waals surface area contributed by atoms with Gasteiger partial charge >= 0.3 is 6.09 Å². The van der Waals surface area contributed by atoms with Crippen molar-refractivity contribution in [1.82, 2.24) is 15.3 Å². The number of nitrogens with one attached hydrogen (secondary N) is 1. The Kier molecular flexibility index (Phi) is 6.85. The maximum Gasteiger partial charge on any atom is 0.408 e. The third-order valence-corrected chi connectivity index (χ3v) is 7.86. The number of rotatable bonds is 6. The number of furan rings is 1. The largest absolute Gasteiger partial charge is 0.480 e. The van der Waals surface area contributed by atoms with E-state index in [0.29, 0.717) is 48.2 Å². The molecule has 0 bridgehead atoms. The lowest BCUT2D eigenvalue weighted by atomic mass is 9.71. The van der Waals surface area contributed by atoms with Crippen molar-refractivity contribution in [3.05, 3.63) is 60.2 Å². The van der Waals surface area contributed by atoms with Crippen molar-refractivity contribution in [1.29, 1.82) is 0 Å². The molecule has 4 aromatic rings. The van der Waals surface area contributed by atoms with Crippen LogP contribution >= 0.6 is 0 Å². The molecule has 2 N–H and O–H groups in total. The molecule has 1 saturated heterocycles. The lowest BCUT2D eigenvalue weighted by molar-refractivity contribution is 0.0377. The summed E-state index contributed by atoms with van der Waals surface area (Å²) in [5, 5.41) is 13.9. The van der Waals surface area contributed by atoms with E-state index in [0.717, 1.165) is 41.5 Å². The summed E-state index contributed by atoms with van der Waals surface area (Å²) in [5.74, 6) is 1.56. The second-order valence-corrected chi connectivity index (χ2v) is 11.9. The Morgan fingerprint density at radius 2 is 1.80 bits per heavy atom.